The van der Waals surface area contributed by atoms with Crippen LogP contribution in [0.1, 0.15) is 0 Å². The van der Waals surface area contributed by atoms with Crippen LogP contribution in [0.25, 0.3) is 0 Å². The first kappa shape index (κ1) is 4.62. The molecule has 0 radical (unpaired) electrons. The van der Waals surface area contributed by atoms with Crippen molar-refractivity contribution in [2.45, 2.75) is 0 Å². The van der Waals surface area contributed by atoms with Gasteiger partial charge in [-0.15, -0.1) is 8.75 Å². The Balaban J connectivity index is 3.20. The van der Waals surface area contributed by atoms with Crippen molar-refractivity contribution < 1.29 is 9.18 Å². The molecule has 0 atom stereocenters. The van der Waals surface area contributed by atoms with Crippen LogP contribution < -0.4 is 0 Å². The molecular formula is CFNOS. The van der Waals surface area contributed by atoms with Gasteiger partial charge < -0.3 is 0 Å². The number of amides is 1. The third-order valence-corrected chi connectivity index (χ3v) is 0.215. The van der Waals surface area contributed by atoms with E-state index < -0.39 is 6.16 Å². The third kappa shape index (κ3) is 3.62. The van der Waals surface area contributed by atoms with Gasteiger partial charge in [0.05, 0.1) is 0 Å². The van der Waals surface area contributed by atoms with Gasteiger partial charge in [-0.05, 0) is 0 Å². The summed E-state index contributed by atoms with van der Waals surface area (Å²) in [5.74, 6) is 0. The van der Waals surface area contributed by atoms with E-state index in [-0.39, 0.29) is 0 Å². The maximum absolute atomic E-state index is 10.5. The zero-order valence-electron chi connectivity index (χ0n) is 2.14. The fourth-order valence-corrected chi connectivity index (χ4v) is 0. The molecular weight excluding hydrogens is 93.1 g/mol. The predicted molar refractivity (Wildman–Crippen MR) is 16.3 cm³/mol. The van der Waals surface area contributed by atoms with Crippen molar-refractivity contribution in [1.82, 2.24) is 0 Å². The molecule has 28 valence electrons. The first-order chi connectivity index (χ1) is 2.27. The quantitative estimate of drug-likeness (QED) is 0.327. The van der Waals surface area contributed by atoms with Crippen molar-refractivity contribution in [1.29, 1.82) is 0 Å². The maximum atomic E-state index is 10.5. The highest BCUT2D eigenvalue weighted by Gasteiger charge is 1.81. The molecule has 0 saturated heterocycles. The van der Waals surface area contributed by atoms with E-state index in [0.717, 1.165) is 0 Å². The number of hydrogen-bond donors (Lipinski definition) is 0. The molecule has 1 amide bonds. The molecule has 0 aliphatic rings. The Labute approximate surface area is 33.2 Å². The Kier molecular flexibility index (Phi) is 1.75. The largest absolute Gasteiger partial charge is 0.435 e. The monoisotopic (exact) mass is 93.0 g/mol. The van der Waals surface area contributed by atoms with Gasteiger partial charge >= 0.3 is 6.16 Å². The van der Waals surface area contributed by atoms with Crippen molar-refractivity contribution >= 4 is 18.6 Å². The molecule has 0 unspecified atom stereocenters. The van der Waals surface area contributed by atoms with Crippen LogP contribution >= 0.6 is 0 Å². The number of carbonyl (C=O) groups is 1. The molecule has 0 aliphatic heterocycles. The van der Waals surface area contributed by atoms with E-state index in [1.54, 1.807) is 0 Å². The van der Waals surface area contributed by atoms with Crippen molar-refractivity contribution in [2.75, 3.05) is 0 Å². The van der Waals surface area contributed by atoms with Gasteiger partial charge in [0.15, 0.2) is 0 Å². The van der Waals surface area contributed by atoms with Crippen LogP contribution in [0.2, 0.25) is 0 Å². The minimum absolute atomic E-state index is 1.81. The lowest BCUT2D eigenvalue weighted by Gasteiger charge is -1.55. The summed E-state index contributed by atoms with van der Waals surface area (Å²) in [5.41, 5.74) is 0. The summed E-state index contributed by atoms with van der Waals surface area (Å²) in [6.07, 6.45) is -1.81. The molecule has 0 rings (SSSR count). The van der Waals surface area contributed by atoms with Crippen molar-refractivity contribution in [3.63, 3.8) is 0 Å². The lowest BCUT2D eigenvalue weighted by Crippen LogP contribution is -1.65. The highest BCUT2D eigenvalue weighted by atomic mass is 32.1. The molecule has 5 heavy (non-hydrogen) atoms. The van der Waals surface area contributed by atoms with Gasteiger partial charge in [0.1, 0.15) is 0 Å². The van der Waals surface area contributed by atoms with Gasteiger partial charge in [-0.2, -0.15) is 0 Å². The van der Waals surface area contributed by atoms with E-state index in [1.165, 1.54) is 0 Å². The minimum atomic E-state index is -1.81. The van der Waals surface area contributed by atoms with Gasteiger partial charge in [0.2, 0.25) is 0 Å². The number of halogens is 1. The van der Waals surface area contributed by atoms with Crippen LogP contribution in [0.3, 0.4) is 0 Å². The number of hydrogen-bond acceptors (Lipinski definition) is 2. The molecule has 0 aromatic heterocycles. The lowest BCUT2D eigenvalue weighted by molar-refractivity contribution is 0.232. The first-order valence-corrected chi connectivity index (χ1v) is 1.16. The summed E-state index contributed by atoms with van der Waals surface area (Å²) in [5, 5.41) is 0. The van der Waals surface area contributed by atoms with Crippen LogP contribution in [0, 0.1) is 0 Å². The number of rotatable bonds is 0. The van der Waals surface area contributed by atoms with E-state index >= 15 is 0 Å². The lowest BCUT2D eigenvalue weighted by atomic mass is 11.4. The highest BCUT2D eigenvalue weighted by molar-refractivity contribution is 7.47. The second-order valence-corrected chi connectivity index (χ2v) is 0.527. The van der Waals surface area contributed by atoms with Gasteiger partial charge in [-0.25, -0.2) is 4.79 Å². The summed E-state index contributed by atoms with van der Waals surface area (Å²) >= 11 is 3.58. The summed E-state index contributed by atoms with van der Waals surface area (Å²) in [4.78, 5) is 8.88. The minimum Gasteiger partial charge on any atom is -0.231 e. The van der Waals surface area contributed by atoms with Gasteiger partial charge in [-0.1, -0.05) is 0 Å². The Bertz CT molecular complexity index is 62.7. The van der Waals surface area contributed by atoms with E-state index in [0.29, 0.717) is 0 Å². The summed E-state index contributed by atoms with van der Waals surface area (Å²) in [7, 11) is 0. The van der Waals surface area contributed by atoms with E-state index in [2.05, 4.69) is 16.8 Å². The van der Waals surface area contributed by atoms with Crippen molar-refractivity contribution in [3.8, 4) is 0 Å². The van der Waals surface area contributed by atoms with E-state index in [1.807, 2.05) is 0 Å². The molecule has 2 nitrogen and oxygen atoms in total. The predicted octanol–water partition coefficient (Wildman–Crippen LogP) is 0.806. The first-order valence-electron chi connectivity index (χ1n) is 0.799. The fourth-order valence-electron chi connectivity index (χ4n) is 0. The van der Waals surface area contributed by atoms with Crippen LogP contribution in [0.15, 0.2) is 4.36 Å². The summed E-state index contributed by atoms with van der Waals surface area (Å²) < 4.78 is 12.7. The number of nitrogens with zero attached hydrogens (tertiary/aromatic N) is 1. The molecule has 0 fully saturated rings. The van der Waals surface area contributed by atoms with E-state index in [4.69, 9.17) is 4.79 Å². The van der Waals surface area contributed by atoms with Crippen LogP contribution in [-0.4, -0.2) is 6.16 Å². The Morgan fingerprint density at radius 2 is 2.20 bits per heavy atom. The SMILES string of the molecule is O=C(F)N=S. The zero-order valence-corrected chi connectivity index (χ0v) is 2.96. The molecule has 0 N–H and O–H groups in total. The van der Waals surface area contributed by atoms with Crippen LogP contribution in [0.5, 0.6) is 0 Å². The highest BCUT2D eigenvalue weighted by Crippen LogP contribution is 1.71. The Morgan fingerprint density at radius 1 is 2.00 bits per heavy atom. The van der Waals surface area contributed by atoms with Gasteiger partial charge in [0, 0.05) is 12.4 Å². The molecule has 0 saturated carbocycles. The molecule has 0 aromatic rings. The second kappa shape index (κ2) is 1.90. The summed E-state index contributed by atoms with van der Waals surface area (Å²) in [6.45, 7) is 0. The average Bonchev–Trinajstić information content (AvgIpc) is 1.38. The van der Waals surface area contributed by atoms with Gasteiger partial charge in [0.25, 0.3) is 0 Å². The Morgan fingerprint density at radius 3 is 2.20 bits per heavy atom. The molecule has 0 bridgehead atoms. The van der Waals surface area contributed by atoms with E-state index in [9.17, 15) is 4.39 Å². The third-order valence-electron chi connectivity index (χ3n) is 0.0718. The molecule has 0 heterocycles. The standard InChI is InChI=1S/CFNOS/c2-1(4)3-5. The average molecular weight is 93.1 g/mol. The topological polar surface area (TPSA) is 29.4 Å². The molecule has 0 aliphatic carbocycles. The van der Waals surface area contributed by atoms with Crippen molar-refractivity contribution in [2.24, 2.45) is 4.36 Å². The molecule has 0 aromatic carbocycles. The van der Waals surface area contributed by atoms with Crippen LogP contribution in [0.4, 0.5) is 9.18 Å². The maximum Gasteiger partial charge on any atom is 0.435 e. The normalized spacial score (nSPS) is 6.60. The fraction of sp³-hybridized carbons (Fsp3) is 0. The van der Waals surface area contributed by atoms with Crippen LogP contribution in [-0.2, 0) is 12.4 Å². The number of carbonyl (C=O) groups excluding carboxylic acids is 1. The van der Waals surface area contributed by atoms with Crippen molar-refractivity contribution in [3.05, 3.63) is 0 Å². The van der Waals surface area contributed by atoms with Gasteiger partial charge in [-0.3, -0.25) is 0 Å². The molecule has 4 heteroatoms. The molecule has 0 spiro atoms. The zero-order chi connectivity index (χ0) is 4.28. The summed E-state index contributed by atoms with van der Waals surface area (Å²) in [6, 6.07) is 0. The smallest absolute Gasteiger partial charge is 0.231 e. The Hall–Kier alpha value is -0.380. The second-order valence-electron chi connectivity index (χ2n) is 0.344.